The summed E-state index contributed by atoms with van der Waals surface area (Å²) in [6, 6.07) is 6.09. The number of amides is 1. The highest BCUT2D eigenvalue weighted by Crippen LogP contribution is 2.15. The molecular weight excluding hydrogens is 236 g/mol. The summed E-state index contributed by atoms with van der Waals surface area (Å²) < 4.78 is 0. The molecule has 0 saturated carbocycles. The molecule has 3 nitrogen and oxygen atoms in total. The van der Waals surface area contributed by atoms with Gasteiger partial charge in [-0.15, -0.1) is 12.4 Å². The molecule has 0 aromatic heterocycles. The number of carbonyl (C=O) groups excluding carboxylic acids is 1. The van der Waals surface area contributed by atoms with Crippen molar-refractivity contribution in [2.24, 2.45) is 0 Å². The molecule has 4 heteroatoms. The van der Waals surface area contributed by atoms with E-state index in [-0.39, 0.29) is 24.4 Å². The van der Waals surface area contributed by atoms with Crippen molar-refractivity contribution < 1.29 is 4.79 Å². The van der Waals surface area contributed by atoms with Gasteiger partial charge in [-0.05, 0) is 56.5 Å². The lowest BCUT2D eigenvalue weighted by Crippen LogP contribution is -2.35. The minimum Gasteiger partial charge on any atom is -0.325 e. The zero-order chi connectivity index (χ0) is 11.5. The zero-order valence-corrected chi connectivity index (χ0v) is 11.1. The number of hydrogen-bond acceptors (Lipinski definition) is 2. The van der Waals surface area contributed by atoms with E-state index in [2.05, 4.69) is 16.7 Å². The molecule has 1 unspecified atom stereocenters. The van der Waals surface area contributed by atoms with Crippen molar-refractivity contribution in [3.05, 3.63) is 29.3 Å². The summed E-state index contributed by atoms with van der Waals surface area (Å²) in [6.45, 7) is 5.03. The number of aryl methyl sites for hydroxylation is 2. The highest BCUT2D eigenvalue weighted by molar-refractivity contribution is 5.95. The van der Waals surface area contributed by atoms with Crippen LogP contribution in [-0.4, -0.2) is 18.5 Å². The molecule has 1 aliphatic heterocycles. The van der Waals surface area contributed by atoms with Crippen LogP contribution >= 0.6 is 12.4 Å². The molecule has 17 heavy (non-hydrogen) atoms. The number of hydrogen-bond donors (Lipinski definition) is 2. The molecule has 1 fully saturated rings. The summed E-state index contributed by atoms with van der Waals surface area (Å²) in [5, 5.41) is 6.16. The van der Waals surface area contributed by atoms with Crippen molar-refractivity contribution in [3.63, 3.8) is 0 Å². The molecular formula is C13H19ClN2O. The first-order valence-corrected chi connectivity index (χ1v) is 5.78. The number of anilines is 1. The molecule has 1 aromatic carbocycles. The average Bonchev–Trinajstić information content (AvgIpc) is 2.68. The van der Waals surface area contributed by atoms with Gasteiger partial charge in [0, 0.05) is 5.69 Å². The monoisotopic (exact) mass is 254 g/mol. The summed E-state index contributed by atoms with van der Waals surface area (Å²) in [4.78, 5) is 11.9. The number of benzene rings is 1. The largest absolute Gasteiger partial charge is 0.325 e. The van der Waals surface area contributed by atoms with E-state index in [4.69, 9.17) is 0 Å². The van der Waals surface area contributed by atoms with E-state index in [0.717, 1.165) is 25.1 Å². The summed E-state index contributed by atoms with van der Waals surface area (Å²) >= 11 is 0. The van der Waals surface area contributed by atoms with E-state index in [1.807, 2.05) is 26.0 Å². The van der Waals surface area contributed by atoms with E-state index >= 15 is 0 Å². The summed E-state index contributed by atoms with van der Waals surface area (Å²) in [6.07, 6.45) is 2.03. The second-order valence-electron chi connectivity index (χ2n) is 4.51. The number of nitrogens with one attached hydrogen (secondary N) is 2. The molecule has 1 amide bonds. The van der Waals surface area contributed by atoms with Crippen molar-refractivity contribution in [1.82, 2.24) is 5.32 Å². The van der Waals surface area contributed by atoms with Crippen LogP contribution in [0.15, 0.2) is 18.2 Å². The van der Waals surface area contributed by atoms with Gasteiger partial charge >= 0.3 is 0 Å². The van der Waals surface area contributed by atoms with Crippen LogP contribution < -0.4 is 10.6 Å². The van der Waals surface area contributed by atoms with Crippen molar-refractivity contribution >= 4 is 24.0 Å². The molecule has 1 atom stereocenters. The highest BCUT2D eigenvalue weighted by atomic mass is 35.5. The molecule has 0 radical (unpaired) electrons. The van der Waals surface area contributed by atoms with E-state index in [9.17, 15) is 4.79 Å². The van der Waals surface area contributed by atoms with Crippen LogP contribution in [0.3, 0.4) is 0 Å². The fourth-order valence-electron chi connectivity index (χ4n) is 2.18. The Morgan fingerprint density at radius 1 is 1.29 bits per heavy atom. The van der Waals surface area contributed by atoms with Crippen molar-refractivity contribution in [1.29, 1.82) is 0 Å². The standard InChI is InChI=1S/C13H18N2O.ClH/c1-9-6-10(2)8-11(7-9)15-13(16)12-4-3-5-14-12;/h6-8,12,14H,3-5H2,1-2H3,(H,15,16);1H. The molecule has 1 heterocycles. The Kier molecular flexibility index (Phi) is 4.97. The lowest BCUT2D eigenvalue weighted by Gasteiger charge is -2.12. The van der Waals surface area contributed by atoms with Gasteiger partial charge in [-0.2, -0.15) is 0 Å². The lowest BCUT2D eigenvalue weighted by molar-refractivity contribution is -0.117. The first-order chi connectivity index (χ1) is 7.65. The minimum atomic E-state index is -0.0131. The maximum Gasteiger partial charge on any atom is 0.241 e. The van der Waals surface area contributed by atoms with Gasteiger partial charge in [0.15, 0.2) is 0 Å². The minimum absolute atomic E-state index is 0. The average molecular weight is 255 g/mol. The van der Waals surface area contributed by atoms with Gasteiger partial charge in [-0.1, -0.05) is 6.07 Å². The lowest BCUT2D eigenvalue weighted by atomic mass is 10.1. The number of halogens is 1. The van der Waals surface area contributed by atoms with E-state index in [0.29, 0.717) is 0 Å². The van der Waals surface area contributed by atoms with Gasteiger partial charge in [-0.3, -0.25) is 4.79 Å². The third-order valence-corrected chi connectivity index (χ3v) is 2.87. The SMILES string of the molecule is Cc1cc(C)cc(NC(=O)C2CCCN2)c1.Cl. The van der Waals surface area contributed by atoms with Crippen LogP contribution in [0.5, 0.6) is 0 Å². The van der Waals surface area contributed by atoms with Gasteiger partial charge in [-0.25, -0.2) is 0 Å². The second kappa shape index (κ2) is 6.03. The number of carbonyl (C=O) groups is 1. The topological polar surface area (TPSA) is 41.1 Å². The van der Waals surface area contributed by atoms with E-state index < -0.39 is 0 Å². The molecule has 2 rings (SSSR count). The fraction of sp³-hybridized carbons (Fsp3) is 0.462. The molecule has 1 aromatic rings. The fourth-order valence-corrected chi connectivity index (χ4v) is 2.18. The zero-order valence-electron chi connectivity index (χ0n) is 10.2. The Balaban J connectivity index is 0.00000144. The van der Waals surface area contributed by atoms with Gasteiger partial charge < -0.3 is 10.6 Å². The van der Waals surface area contributed by atoms with Crippen LogP contribution in [0.4, 0.5) is 5.69 Å². The molecule has 2 N–H and O–H groups in total. The Bertz CT molecular complexity index is 380. The van der Waals surface area contributed by atoms with Crippen molar-refractivity contribution in [2.45, 2.75) is 32.7 Å². The van der Waals surface area contributed by atoms with E-state index in [1.165, 1.54) is 11.1 Å². The second-order valence-corrected chi connectivity index (χ2v) is 4.51. The van der Waals surface area contributed by atoms with Crippen LogP contribution in [0, 0.1) is 13.8 Å². The molecule has 0 aliphatic carbocycles. The number of rotatable bonds is 2. The molecule has 1 saturated heterocycles. The quantitative estimate of drug-likeness (QED) is 0.851. The van der Waals surface area contributed by atoms with Gasteiger partial charge in [0.2, 0.25) is 5.91 Å². The molecule has 94 valence electrons. The van der Waals surface area contributed by atoms with E-state index in [1.54, 1.807) is 0 Å². The Labute approximate surface area is 108 Å². The Morgan fingerprint density at radius 3 is 2.47 bits per heavy atom. The van der Waals surface area contributed by atoms with Crippen LogP contribution in [0.1, 0.15) is 24.0 Å². The van der Waals surface area contributed by atoms with Crippen LogP contribution in [-0.2, 0) is 4.79 Å². The molecule has 0 bridgehead atoms. The third-order valence-electron chi connectivity index (χ3n) is 2.87. The first kappa shape index (κ1) is 14.0. The van der Waals surface area contributed by atoms with Crippen molar-refractivity contribution in [2.75, 3.05) is 11.9 Å². The van der Waals surface area contributed by atoms with Gasteiger partial charge in [0.1, 0.15) is 0 Å². The first-order valence-electron chi connectivity index (χ1n) is 5.78. The maximum absolute atomic E-state index is 11.9. The van der Waals surface area contributed by atoms with Crippen molar-refractivity contribution in [3.8, 4) is 0 Å². The normalized spacial score (nSPS) is 18.6. The smallest absolute Gasteiger partial charge is 0.241 e. The molecule has 0 spiro atoms. The predicted octanol–water partition coefficient (Wildman–Crippen LogP) is 2.42. The third kappa shape index (κ3) is 3.72. The van der Waals surface area contributed by atoms with Gasteiger partial charge in [0.05, 0.1) is 6.04 Å². The highest BCUT2D eigenvalue weighted by Gasteiger charge is 2.21. The maximum atomic E-state index is 11.9. The summed E-state index contributed by atoms with van der Waals surface area (Å²) in [5.74, 6) is 0.0856. The van der Waals surface area contributed by atoms with Gasteiger partial charge in [0.25, 0.3) is 0 Å². The predicted molar refractivity (Wildman–Crippen MR) is 72.8 cm³/mol. The van der Waals surface area contributed by atoms with Crippen LogP contribution in [0.2, 0.25) is 0 Å². The summed E-state index contributed by atoms with van der Waals surface area (Å²) in [5.41, 5.74) is 3.25. The summed E-state index contributed by atoms with van der Waals surface area (Å²) in [7, 11) is 0. The van der Waals surface area contributed by atoms with Crippen LogP contribution in [0.25, 0.3) is 0 Å². The molecule has 1 aliphatic rings. The Morgan fingerprint density at radius 2 is 1.94 bits per heavy atom. The Hall–Kier alpha value is -1.06.